The highest BCUT2D eigenvalue weighted by atomic mass is 32.2. The Bertz CT molecular complexity index is 1550. The van der Waals surface area contributed by atoms with Crippen molar-refractivity contribution in [2.24, 2.45) is 0 Å². The Morgan fingerprint density at radius 2 is 1.73 bits per heavy atom. The number of rotatable bonds is 5. The van der Waals surface area contributed by atoms with Crippen LogP contribution in [0.2, 0.25) is 0 Å². The van der Waals surface area contributed by atoms with Gasteiger partial charge in [0.15, 0.2) is 9.84 Å². The summed E-state index contributed by atoms with van der Waals surface area (Å²) in [6.45, 7) is 5.63. The number of anilines is 1. The molecular formula is C28H33N5O3S. The molecule has 1 saturated heterocycles. The Kier molecular flexibility index (Phi) is 6.38. The molecule has 0 spiro atoms. The Hall–Kier alpha value is -3.01. The summed E-state index contributed by atoms with van der Waals surface area (Å²) in [5, 5.41) is 5.79. The van der Waals surface area contributed by atoms with Crippen molar-refractivity contribution in [2.45, 2.75) is 49.6 Å². The van der Waals surface area contributed by atoms with Gasteiger partial charge >= 0.3 is 0 Å². The number of aromatic amines is 1. The maximum Gasteiger partial charge on any atom is 0.175 e. The lowest BCUT2D eigenvalue weighted by molar-refractivity contribution is 0.00791. The van der Waals surface area contributed by atoms with E-state index < -0.39 is 9.84 Å². The van der Waals surface area contributed by atoms with Crippen LogP contribution < -0.4 is 5.32 Å². The zero-order valence-electron chi connectivity index (χ0n) is 21.3. The molecule has 0 unspecified atom stereocenters. The molecule has 1 saturated carbocycles. The van der Waals surface area contributed by atoms with E-state index in [4.69, 9.17) is 4.74 Å². The van der Waals surface area contributed by atoms with Crippen LogP contribution in [0.3, 0.4) is 0 Å². The minimum atomic E-state index is -3.25. The molecule has 0 amide bonds. The van der Waals surface area contributed by atoms with Crippen molar-refractivity contribution in [1.82, 2.24) is 19.9 Å². The number of hydrogen-bond acceptors (Lipinski definition) is 7. The van der Waals surface area contributed by atoms with Gasteiger partial charge in [0.05, 0.1) is 23.5 Å². The highest BCUT2D eigenvalue weighted by Gasteiger charge is 2.27. The third-order valence-electron chi connectivity index (χ3n) is 7.90. The summed E-state index contributed by atoms with van der Waals surface area (Å²) in [6.07, 6.45) is 7.48. The van der Waals surface area contributed by atoms with Gasteiger partial charge in [-0.15, -0.1) is 0 Å². The van der Waals surface area contributed by atoms with Crippen molar-refractivity contribution in [3.8, 4) is 11.1 Å². The Labute approximate surface area is 217 Å². The predicted octanol–water partition coefficient (Wildman–Crippen LogP) is 4.55. The van der Waals surface area contributed by atoms with Crippen LogP contribution in [0.5, 0.6) is 0 Å². The Morgan fingerprint density at radius 1 is 1.00 bits per heavy atom. The highest BCUT2D eigenvalue weighted by molar-refractivity contribution is 7.90. The van der Waals surface area contributed by atoms with Crippen molar-refractivity contribution in [3.63, 3.8) is 0 Å². The lowest BCUT2D eigenvalue weighted by atomic mass is 9.90. The molecule has 6 rings (SSSR count). The van der Waals surface area contributed by atoms with Crippen LogP contribution in [0.4, 0.5) is 5.82 Å². The van der Waals surface area contributed by atoms with E-state index in [0.29, 0.717) is 17.0 Å². The highest BCUT2D eigenvalue weighted by Crippen LogP contribution is 2.35. The van der Waals surface area contributed by atoms with Gasteiger partial charge in [0.2, 0.25) is 0 Å². The number of hydrogen-bond donors (Lipinski definition) is 2. The van der Waals surface area contributed by atoms with Crippen molar-refractivity contribution in [1.29, 1.82) is 0 Å². The van der Waals surface area contributed by atoms with Gasteiger partial charge in [-0.1, -0.05) is 18.2 Å². The molecule has 0 atom stereocenters. The fraction of sp³-hybridized carbons (Fsp3) is 0.429. The SMILES string of the molecule is Cc1cc(-c2ccc3[nH]c4ncnc(N[C@H]5CC[C@H](N6CCOCC6)CC5)c4c3c2)ccc1S(C)(=O)=O. The molecule has 194 valence electrons. The van der Waals surface area contributed by atoms with E-state index in [0.717, 1.165) is 83.6 Å². The van der Waals surface area contributed by atoms with Crippen LogP contribution in [0.15, 0.2) is 47.6 Å². The van der Waals surface area contributed by atoms with Crippen molar-refractivity contribution in [3.05, 3.63) is 48.3 Å². The van der Waals surface area contributed by atoms with Crippen LogP contribution in [-0.4, -0.2) is 72.9 Å². The average molecular weight is 520 g/mol. The van der Waals surface area contributed by atoms with Gasteiger partial charge < -0.3 is 15.0 Å². The largest absolute Gasteiger partial charge is 0.379 e. The monoisotopic (exact) mass is 519 g/mol. The number of H-pyrrole nitrogens is 1. The smallest absolute Gasteiger partial charge is 0.175 e. The second kappa shape index (κ2) is 9.70. The quantitative estimate of drug-likeness (QED) is 0.399. The van der Waals surface area contributed by atoms with Crippen molar-refractivity contribution < 1.29 is 13.2 Å². The van der Waals surface area contributed by atoms with Gasteiger partial charge in [0, 0.05) is 42.3 Å². The Morgan fingerprint density at radius 3 is 2.46 bits per heavy atom. The third-order valence-corrected chi connectivity index (χ3v) is 9.15. The first-order valence-corrected chi connectivity index (χ1v) is 14.9. The molecule has 3 heterocycles. The normalized spacial score (nSPS) is 21.5. The van der Waals surface area contributed by atoms with Crippen LogP contribution in [0.25, 0.3) is 33.1 Å². The van der Waals surface area contributed by atoms with E-state index in [1.165, 1.54) is 19.1 Å². The van der Waals surface area contributed by atoms with Gasteiger partial charge in [-0.25, -0.2) is 18.4 Å². The molecule has 8 nitrogen and oxygen atoms in total. The zero-order chi connectivity index (χ0) is 25.6. The average Bonchev–Trinajstić information content (AvgIpc) is 3.28. The third kappa shape index (κ3) is 4.83. The topological polar surface area (TPSA) is 100 Å². The minimum absolute atomic E-state index is 0.368. The molecule has 0 bridgehead atoms. The van der Waals surface area contributed by atoms with Gasteiger partial charge in [0.25, 0.3) is 0 Å². The number of benzene rings is 2. The van der Waals surface area contributed by atoms with E-state index in [9.17, 15) is 8.42 Å². The molecule has 0 radical (unpaired) electrons. The summed E-state index contributed by atoms with van der Waals surface area (Å²) in [4.78, 5) is 15.6. The second-order valence-corrected chi connectivity index (χ2v) is 12.4. The molecule has 37 heavy (non-hydrogen) atoms. The van der Waals surface area contributed by atoms with Crippen LogP contribution >= 0.6 is 0 Å². The van der Waals surface area contributed by atoms with E-state index in [2.05, 4.69) is 43.4 Å². The number of aromatic nitrogens is 3. The van der Waals surface area contributed by atoms with Crippen molar-refractivity contribution in [2.75, 3.05) is 37.9 Å². The second-order valence-electron chi connectivity index (χ2n) is 10.4. The first-order chi connectivity index (χ1) is 17.9. The summed E-state index contributed by atoms with van der Waals surface area (Å²) in [5.41, 5.74) is 4.57. The summed E-state index contributed by atoms with van der Waals surface area (Å²) < 4.78 is 29.6. The van der Waals surface area contributed by atoms with Crippen molar-refractivity contribution >= 4 is 37.6 Å². The van der Waals surface area contributed by atoms with E-state index in [1.54, 1.807) is 12.4 Å². The molecule has 9 heteroatoms. The number of nitrogens with zero attached hydrogens (tertiary/aromatic N) is 3. The molecule has 1 aliphatic heterocycles. The number of aryl methyl sites for hydroxylation is 1. The van der Waals surface area contributed by atoms with E-state index >= 15 is 0 Å². The maximum absolute atomic E-state index is 12.1. The van der Waals surface area contributed by atoms with E-state index in [-0.39, 0.29) is 0 Å². The first-order valence-electron chi connectivity index (χ1n) is 13.0. The van der Waals surface area contributed by atoms with Gasteiger partial charge in [-0.2, -0.15) is 0 Å². The maximum atomic E-state index is 12.1. The van der Waals surface area contributed by atoms with Gasteiger partial charge in [0.1, 0.15) is 17.8 Å². The zero-order valence-corrected chi connectivity index (χ0v) is 22.1. The van der Waals surface area contributed by atoms with Gasteiger partial charge in [-0.3, -0.25) is 4.90 Å². The molecule has 2 aromatic heterocycles. The lowest BCUT2D eigenvalue weighted by Gasteiger charge is -2.39. The summed E-state index contributed by atoms with van der Waals surface area (Å²) in [7, 11) is -3.25. The number of ether oxygens (including phenoxy) is 1. The number of morpholine rings is 1. The standard InChI is InChI=1S/C28H33N5O3S/c1-18-15-19(4-10-25(18)37(2,34)35)20-3-9-24-23(16-20)26-27(29-17-30-28(26)32-24)31-21-5-7-22(8-6-21)33-11-13-36-14-12-33/h3-4,9-10,15-17,21-22H,5-8,11-14H2,1-2H3,(H2,29,30,31,32)/t21-,22-. The van der Waals surface area contributed by atoms with E-state index in [1.807, 2.05) is 19.1 Å². The fourth-order valence-electron chi connectivity index (χ4n) is 5.98. The van der Waals surface area contributed by atoms with Gasteiger partial charge in [-0.05, 0) is 67.5 Å². The summed E-state index contributed by atoms with van der Waals surface area (Å²) in [5.74, 6) is 0.867. The van der Waals surface area contributed by atoms with Crippen LogP contribution in [0.1, 0.15) is 31.2 Å². The Balaban J connectivity index is 1.28. The number of sulfone groups is 1. The molecule has 1 aliphatic carbocycles. The van der Waals surface area contributed by atoms with Crippen LogP contribution in [0, 0.1) is 6.92 Å². The summed E-state index contributed by atoms with van der Waals surface area (Å²) >= 11 is 0. The molecule has 2 fully saturated rings. The molecule has 2 N–H and O–H groups in total. The molecule has 2 aromatic carbocycles. The first kappa shape index (κ1) is 24.3. The fourth-order valence-corrected chi connectivity index (χ4v) is 6.94. The lowest BCUT2D eigenvalue weighted by Crippen LogP contribution is -2.46. The summed E-state index contributed by atoms with van der Waals surface area (Å²) in [6, 6.07) is 12.8. The molecule has 2 aliphatic rings. The number of fused-ring (bicyclic) bond motifs is 3. The molecule has 4 aromatic rings. The molecular weight excluding hydrogens is 486 g/mol. The minimum Gasteiger partial charge on any atom is -0.379 e. The predicted molar refractivity (Wildman–Crippen MR) is 147 cm³/mol. The van der Waals surface area contributed by atoms with Crippen LogP contribution in [-0.2, 0) is 14.6 Å². The number of nitrogens with one attached hydrogen (secondary N) is 2.